The zero-order valence-corrected chi connectivity index (χ0v) is 9.08. The molecule has 0 aromatic rings. The van der Waals surface area contributed by atoms with Crippen molar-refractivity contribution in [3.8, 4) is 0 Å². The maximum atomic E-state index is 2.37. The SMILES string of the molecule is CCCCSN(C)C(C)CC. The van der Waals surface area contributed by atoms with Gasteiger partial charge in [0.25, 0.3) is 0 Å². The topological polar surface area (TPSA) is 3.24 Å². The first kappa shape index (κ1) is 11.3. The van der Waals surface area contributed by atoms with Gasteiger partial charge >= 0.3 is 0 Å². The Morgan fingerprint density at radius 1 is 1.36 bits per heavy atom. The molecular formula is C9H21NS. The molecule has 11 heavy (non-hydrogen) atoms. The highest BCUT2D eigenvalue weighted by atomic mass is 32.2. The van der Waals surface area contributed by atoms with E-state index in [2.05, 4.69) is 32.1 Å². The Bertz CT molecular complexity index is 85.6. The van der Waals surface area contributed by atoms with Crippen LogP contribution in [-0.2, 0) is 0 Å². The first-order valence-electron chi connectivity index (χ1n) is 4.58. The van der Waals surface area contributed by atoms with Crippen LogP contribution in [0.3, 0.4) is 0 Å². The molecule has 0 spiro atoms. The number of hydrogen-bond acceptors (Lipinski definition) is 2. The molecular weight excluding hydrogens is 154 g/mol. The van der Waals surface area contributed by atoms with Gasteiger partial charge in [0.1, 0.15) is 0 Å². The second-order valence-corrected chi connectivity index (χ2v) is 4.23. The lowest BCUT2D eigenvalue weighted by molar-refractivity contribution is 0.425. The van der Waals surface area contributed by atoms with E-state index >= 15 is 0 Å². The molecule has 0 aliphatic heterocycles. The average Bonchev–Trinajstić information content (AvgIpc) is 2.03. The van der Waals surface area contributed by atoms with Crippen LogP contribution in [-0.4, -0.2) is 23.1 Å². The molecule has 0 radical (unpaired) electrons. The van der Waals surface area contributed by atoms with E-state index in [4.69, 9.17) is 0 Å². The van der Waals surface area contributed by atoms with Gasteiger partial charge in [0.15, 0.2) is 0 Å². The Balaban J connectivity index is 3.28. The minimum atomic E-state index is 0.719. The molecule has 0 aromatic heterocycles. The van der Waals surface area contributed by atoms with Crippen LogP contribution >= 0.6 is 11.9 Å². The van der Waals surface area contributed by atoms with Gasteiger partial charge in [-0.3, -0.25) is 4.31 Å². The molecule has 68 valence electrons. The van der Waals surface area contributed by atoms with E-state index in [0.717, 1.165) is 6.04 Å². The highest BCUT2D eigenvalue weighted by Gasteiger charge is 2.05. The molecule has 0 aliphatic rings. The molecule has 1 nitrogen and oxygen atoms in total. The van der Waals surface area contributed by atoms with Crippen LogP contribution < -0.4 is 0 Å². The summed E-state index contributed by atoms with van der Waals surface area (Å²) < 4.78 is 2.37. The normalized spacial score (nSPS) is 13.9. The van der Waals surface area contributed by atoms with Crippen molar-refractivity contribution in [2.24, 2.45) is 0 Å². The molecule has 0 N–H and O–H groups in total. The molecule has 0 rings (SSSR count). The van der Waals surface area contributed by atoms with Crippen LogP contribution in [0.4, 0.5) is 0 Å². The van der Waals surface area contributed by atoms with Gasteiger partial charge in [0.05, 0.1) is 0 Å². The van der Waals surface area contributed by atoms with E-state index < -0.39 is 0 Å². The summed E-state index contributed by atoms with van der Waals surface area (Å²) in [6.07, 6.45) is 3.89. The van der Waals surface area contributed by atoms with Crippen molar-refractivity contribution in [2.75, 3.05) is 12.8 Å². The van der Waals surface area contributed by atoms with E-state index in [1.54, 1.807) is 0 Å². The summed E-state index contributed by atoms with van der Waals surface area (Å²) in [7, 11) is 2.19. The fourth-order valence-corrected chi connectivity index (χ4v) is 1.85. The quantitative estimate of drug-likeness (QED) is 0.450. The Labute approximate surface area is 75.7 Å². The van der Waals surface area contributed by atoms with Gasteiger partial charge in [0, 0.05) is 11.8 Å². The lowest BCUT2D eigenvalue weighted by Gasteiger charge is -2.21. The second-order valence-electron chi connectivity index (χ2n) is 2.99. The first-order valence-corrected chi connectivity index (χ1v) is 5.52. The largest absolute Gasteiger partial charge is 0.251 e. The third kappa shape index (κ3) is 5.57. The Hall–Kier alpha value is 0.310. The van der Waals surface area contributed by atoms with Gasteiger partial charge < -0.3 is 0 Å². The third-order valence-corrected chi connectivity index (χ3v) is 3.24. The van der Waals surface area contributed by atoms with Crippen LogP contribution in [0.1, 0.15) is 40.0 Å². The number of nitrogens with zero attached hydrogens (tertiary/aromatic N) is 1. The van der Waals surface area contributed by atoms with Crippen LogP contribution in [0, 0.1) is 0 Å². The van der Waals surface area contributed by atoms with E-state index in [9.17, 15) is 0 Å². The summed E-state index contributed by atoms with van der Waals surface area (Å²) in [4.78, 5) is 0. The van der Waals surface area contributed by atoms with Crippen LogP contribution in [0.25, 0.3) is 0 Å². The molecule has 1 atom stereocenters. The van der Waals surface area contributed by atoms with Gasteiger partial charge in [-0.2, -0.15) is 0 Å². The zero-order valence-electron chi connectivity index (χ0n) is 8.26. The number of hydrogen-bond donors (Lipinski definition) is 0. The van der Waals surface area contributed by atoms with E-state index in [1.165, 1.54) is 25.0 Å². The minimum Gasteiger partial charge on any atom is -0.251 e. The number of unbranched alkanes of at least 4 members (excludes halogenated alkanes) is 1. The van der Waals surface area contributed by atoms with Crippen LogP contribution in [0.5, 0.6) is 0 Å². The van der Waals surface area contributed by atoms with E-state index in [1.807, 2.05) is 11.9 Å². The summed E-state index contributed by atoms with van der Waals surface area (Å²) in [6, 6.07) is 0.719. The number of rotatable bonds is 6. The Morgan fingerprint density at radius 2 is 2.00 bits per heavy atom. The van der Waals surface area contributed by atoms with Crippen molar-refractivity contribution in [1.82, 2.24) is 4.31 Å². The molecule has 0 bridgehead atoms. The molecule has 1 unspecified atom stereocenters. The molecule has 0 saturated heterocycles. The van der Waals surface area contributed by atoms with E-state index in [0.29, 0.717) is 0 Å². The lowest BCUT2D eigenvalue weighted by atomic mass is 10.3. The second kappa shape index (κ2) is 6.99. The predicted octanol–water partition coefficient (Wildman–Crippen LogP) is 3.17. The Morgan fingerprint density at radius 3 is 2.45 bits per heavy atom. The van der Waals surface area contributed by atoms with Crippen molar-refractivity contribution in [2.45, 2.75) is 46.1 Å². The lowest BCUT2D eigenvalue weighted by Crippen LogP contribution is -2.21. The first-order chi connectivity index (χ1) is 5.22. The molecule has 0 amide bonds. The van der Waals surface area contributed by atoms with Gasteiger partial charge in [0.2, 0.25) is 0 Å². The fraction of sp³-hybridized carbons (Fsp3) is 1.00. The third-order valence-electron chi connectivity index (χ3n) is 2.00. The van der Waals surface area contributed by atoms with Crippen molar-refractivity contribution >= 4 is 11.9 Å². The summed E-state index contributed by atoms with van der Waals surface area (Å²) in [5.41, 5.74) is 0. The molecule has 2 heteroatoms. The standard InChI is InChI=1S/C9H21NS/c1-5-7-8-11-10(4)9(3)6-2/h9H,5-8H2,1-4H3. The van der Waals surface area contributed by atoms with Crippen molar-refractivity contribution in [3.05, 3.63) is 0 Å². The van der Waals surface area contributed by atoms with Crippen molar-refractivity contribution in [3.63, 3.8) is 0 Å². The van der Waals surface area contributed by atoms with Gasteiger partial charge in [-0.15, -0.1) is 0 Å². The van der Waals surface area contributed by atoms with E-state index in [-0.39, 0.29) is 0 Å². The van der Waals surface area contributed by atoms with Gasteiger partial charge in [-0.05, 0) is 26.8 Å². The maximum Gasteiger partial charge on any atom is 0.0168 e. The minimum absolute atomic E-state index is 0.719. The molecule has 0 saturated carbocycles. The van der Waals surface area contributed by atoms with Crippen molar-refractivity contribution in [1.29, 1.82) is 0 Å². The van der Waals surface area contributed by atoms with Gasteiger partial charge in [-0.25, -0.2) is 0 Å². The van der Waals surface area contributed by atoms with Crippen LogP contribution in [0.2, 0.25) is 0 Å². The molecule has 0 heterocycles. The fourth-order valence-electron chi connectivity index (χ4n) is 0.737. The van der Waals surface area contributed by atoms with Crippen LogP contribution in [0.15, 0.2) is 0 Å². The summed E-state index contributed by atoms with van der Waals surface area (Å²) >= 11 is 1.97. The summed E-state index contributed by atoms with van der Waals surface area (Å²) in [6.45, 7) is 6.75. The average molecular weight is 175 g/mol. The molecule has 0 fully saturated rings. The molecule has 0 aromatic carbocycles. The predicted molar refractivity (Wildman–Crippen MR) is 54.9 cm³/mol. The Kier molecular flexibility index (Phi) is 7.18. The monoisotopic (exact) mass is 175 g/mol. The molecule has 0 aliphatic carbocycles. The smallest absolute Gasteiger partial charge is 0.0168 e. The zero-order chi connectivity index (χ0) is 8.69. The maximum absolute atomic E-state index is 2.37. The summed E-state index contributed by atoms with van der Waals surface area (Å²) in [5.74, 6) is 1.28. The highest BCUT2D eigenvalue weighted by Crippen LogP contribution is 2.14. The summed E-state index contributed by atoms with van der Waals surface area (Å²) in [5, 5.41) is 0. The van der Waals surface area contributed by atoms with Crippen molar-refractivity contribution < 1.29 is 0 Å². The highest BCUT2D eigenvalue weighted by molar-refractivity contribution is 7.97. The van der Waals surface area contributed by atoms with Gasteiger partial charge in [-0.1, -0.05) is 32.2 Å².